The summed E-state index contributed by atoms with van der Waals surface area (Å²) in [5, 5.41) is 13.1. The van der Waals surface area contributed by atoms with Crippen molar-refractivity contribution in [2.45, 2.75) is 26.9 Å². The molecule has 1 aromatic heterocycles. The van der Waals surface area contributed by atoms with Crippen molar-refractivity contribution in [1.29, 1.82) is 5.26 Å². The van der Waals surface area contributed by atoms with Gasteiger partial charge in [-0.2, -0.15) is 10.4 Å². The molecule has 0 radical (unpaired) electrons. The molecule has 1 heterocycles. The van der Waals surface area contributed by atoms with E-state index < -0.39 is 12.1 Å². The standard InChI is InChI=1S/C15H15N3O2/c1-10(9-16)20-15(19)14-11(2)17-18(12(14)3)13-7-5-4-6-8-13/h4-8,10H,1-3H3/t10-/m0/s1. The zero-order valence-corrected chi connectivity index (χ0v) is 11.6. The molecule has 0 unspecified atom stereocenters. The molecule has 0 bridgehead atoms. The molecule has 0 aliphatic carbocycles. The van der Waals surface area contributed by atoms with E-state index in [1.165, 1.54) is 6.92 Å². The topological polar surface area (TPSA) is 67.9 Å². The van der Waals surface area contributed by atoms with Crippen molar-refractivity contribution in [3.63, 3.8) is 0 Å². The van der Waals surface area contributed by atoms with E-state index in [0.29, 0.717) is 17.0 Å². The third kappa shape index (κ3) is 2.54. The van der Waals surface area contributed by atoms with Crippen LogP contribution in [0.5, 0.6) is 0 Å². The summed E-state index contributed by atoms with van der Waals surface area (Å²) in [7, 11) is 0. The van der Waals surface area contributed by atoms with Gasteiger partial charge in [0.1, 0.15) is 11.6 Å². The Morgan fingerprint density at radius 3 is 2.60 bits per heavy atom. The van der Waals surface area contributed by atoms with Gasteiger partial charge >= 0.3 is 5.97 Å². The molecule has 0 spiro atoms. The summed E-state index contributed by atoms with van der Waals surface area (Å²) in [5.41, 5.74) is 2.57. The first kappa shape index (κ1) is 13.8. The fourth-order valence-corrected chi connectivity index (χ4v) is 2.00. The quantitative estimate of drug-likeness (QED) is 0.803. The minimum atomic E-state index is -0.777. The van der Waals surface area contributed by atoms with Crippen molar-refractivity contribution < 1.29 is 9.53 Å². The fourth-order valence-electron chi connectivity index (χ4n) is 2.00. The molecule has 2 rings (SSSR count). The van der Waals surface area contributed by atoms with Gasteiger partial charge in [0.05, 0.1) is 17.1 Å². The predicted molar refractivity (Wildman–Crippen MR) is 73.5 cm³/mol. The Hall–Kier alpha value is -2.61. The molecule has 0 saturated heterocycles. The lowest BCUT2D eigenvalue weighted by Crippen LogP contribution is -2.14. The first-order chi connectivity index (χ1) is 9.54. The van der Waals surface area contributed by atoms with E-state index in [0.717, 1.165) is 5.69 Å². The maximum Gasteiger partial charge on any atom is 0.343 e. The molecule has 0 aliphatic heterocycles. The van der Waals surface area contributed by atoms with E-state index >= 15 is 0 Å². The first-order valence-corrected chi connectivity index (χ1v) is 6.27. The molecule has 5 nitrogen and oxygen atoms in total. The van der Waals surface area contributed by atoms with Gasteiger partial charge in [0.25, 0.3) is 0 Å². The van der Waals surface area contributed by atoms with E-state index in [2.05, 4.69) is 5.10 Å². The van der Waals surface area contributed by atoms with Crippen LogP contribution < -0.4 is 0 Å². The second-order valence-corrected chi connectivity index (χ2v) is 4.47. The van der Waals surface area contributed by atoms with Crippen LogP contribution in [0.3, 0.4) is 0 Å². The Kier molecular flexibility index (Phi) is 3.85. The summed E-state index contributed by atoms with van der Waals surface area (Å²) in [5.74, 6) is -0.517. The zero-order valence-electron chi connectivity index (χ0n) is 11.6. The van der Waals surface area contributed by atoms with Gasteiger partial charge in [-0.25, -0.2) is 9.48 Å². The first-order valence-electron chi connectivity index (χ1n) is 6.27. The lowest BCUT2D eigenvalue weighted by molar-refractivity contribution is 0.0434. The summed E-state index contributed by atoms with van der Waals surface area (Å²) in [6.45, 7) is 5.09. The predicted octanol–water partition coefficient (Wildman–Crippen LogP) is 2.56. The summed E-state index contributed by atoms with van der Waals surface area (Å²) in [4.78, 5) is 12.1. The highest BCUT2D eigenvalue weighted by Gasteiger charge is 2.22. The molecular weight excluding hydrogens is 254 g/mol. The molecule has 1 atom stereocenters. The van der Waals surface area contributed by atoms with Crippen LogP contribution in [0.15, 0.2) is 30.3 Å². The van der Waals surface area contributed by atoms with Gasteiger partial charge in [-0.1, -0.05) is 18.2 Å². The van der Waals surface area contributed by atoms with Gasteiger partial charge < -0.3 is 4.74 Å². The summed E-state index contributed by atoms with van der Waals surface area (Å²) in [6.07, 6.45) is -0.777. The maximum absolute atomic E-state index is 12.1. The van der Waals surface area contributed by atoms with Gasteiger partial charge in [0.15, 0.2) is 6.10 Å². The lowest BCUT2D eigenvalue weighted by atomic mass is 10.2. The average molecular weight is 269 g/mol. The van der Waals surface area contributed by atoms with E-state index in [1.54, 1.807) is 18.5 Å². The van der Waals surface area contributed by atoms with E-state index in [-0.39, 0.29) is 0 Å². The second kappa shape index (κ2) is 5.57. The molecule has 0 fully saturated rings. The van der Waals surface area contributed by atoms with Crippen molar-refractivity contribution in [2.24, 2.45) is 0 Å². The van der Waals surface area contributed by atoms with Gasteiger partial charge in [0, 0.05) is 0 Å². The van der Waals surface area contributed by atoms with Gasteiger partial charge in [0.2, 0.25) is 0 Å². The van der Waals surface area contributed by atoms with E-state index in [1.807, 2.05) is 36.4 Å². The molecule has 102 valence electrons. The number of rotatable bonds is 3. The summed E-state index contributed by atoms with van der Waals surface area (Å²) < 4.78 is 6.74. The number of carbonyl (C=O) groups excluding carboxylic acids is 1. The van der Waals surface area contributed by atoms with Crippen LogP contribution in [0.4, 0.5) is 0 Å². The largest absolute Gasteiger partial charge is 0.444 e. The van der Waals surface area contributed by atoms with Crippen LogP contribution in [-0.2, 0) is 4.74 Å². The van der Waals surface area contributed by atoms with Gasteiger partial charge in [-0.05, 0) is 32.9 Å². The number of nitriles is 1. The van der Waals surface area contributed by atoms with Crippen LogP contribution in [0.1, 0.15) is 28.7 Å². The zero-order chi connectivity index (χ0) is 14.7. The number of aromatic nitrogens is 2. The molecule has 0 amide bonds. The number of hydrogen-bond donors (Lipinski definition) is 0. The third-order valence-corrected chi connectivity index (χ3v) is 2.96. The van der Waals surface area contributed by atoms with E-state index in [4.69, 9.17) is 10.00 Å². The molecule has 5 heteroatoms. The van der Waals surface area contributed by atoms with Crippen molar-refractivity contribution >= 4 is 5.97 Å². The Bertz CT molecular complexity index is 668. The summed E-state index contributed by atoms with van der Waals surface area (Å²) in [6, 6.07) is 11.4. The number of aryl methyl sites for hydroxylation is 1. The molecule has 20 heavy (non-hydrogen) atoms. The monoisotopic (exact) mass is 269 g/mol. The van der Waals surface area contributed by atoms with Crippen LogP contribution in [0.2, 0.25) is 0 Å². The Balaban J connectivity index is 2.40. The normalized spacial score (nSPS) is 11.7. The van der Waals surface area contributed by atoms with Crippen LogP contribution in [0.25, 0.3) is 5.69 Å². The molecule has 1 aromatic carbocycles. The highest BCUT2D eigenvalue weighted by molar-refractivity contribution is 5.92. The Morgan fingerprint density at radius 2 is 2.00 bits per heavy atom. The number of ether oxygens (including phenoxy) is 1. The Morgan fingerprint density at radius 1 is 1.35 bits per heavy atom. The smallest absolute Gasteiger partial charge is 0.343 e. The third-order valence-electron chi connectivity index (χ3n) is 2.96. The van der Waals surface area contributed by atoms with Crippen molar-refractivity contribution in [3.8, 4) is 11.8 Å². The molecule has 0 saturated carbocycles. The highest BCUT2D eigenvalue weighted by atomic mass is 16.5. The molecule has 2 aromatic rings. The summed E-state index contributed by atoms with van der Waals surface area (Å²) >= 11 is 0. The van der Waals surface area contributed by atoms with Crippen molar-refractivity contribution in [1.82, 2.24) is 9.78 Å². The number of esters is 1. The number of nitrogens with zero attached hydrogens (tertiary/aromatic N) is 3. The van der Waals surface area contributed by atoms with Gasteiger partial charge in [-0.15, -0.1) is 0 Å². The Labute approximate surface area is 117 Å². The maximum atomic E-state index is 12.1. The van der Waals surface area contributed by atoms with E-state index in [9.17, 15) is 4.79 Å². The van der Waals surface area contributed by atoms with Crippen molar-refractivity contribution in [3.05, 3.63) is 47.3 Å². The second-order valence-electron chi connectivity index (χ2n) is 4.47. The number of hydrogen-bond acceptors (Lipinski definition) is 4. The fraction of sp³-hybridized carbons (Fsp3) is 0.267. The van der Waals surface area contributed by atoms with Crippen LogP contribution in [-0.4, -0.2) is 21.9 Å². The minimum absolute atomic E-state index is 0.413. The molecule has 0 N–H and O–H groups in total. The molecule has 0 aliphatic rings. The lowest BCUT2D eigenvalue weighted by Gasteiger charge is -2.07. The SMILES string of the molecule is Cc1nn(-c2ccccc2)c(C)c1C(=O)O[C@@H](C)C#N. The minimum Gasteiger partial charge on any atom is -0.444 e. The average Bonchev–Trinajstić information content (AvgIpc) is 2.74. The molecular formula is C15H15N3O2. The van der Waals surface area contributed by atoms with Gasteiger partial charge in [-0.3, -0.25) is 0 Å². The number of benzene rings is 1. The van der Waals surface area contributed by atoms with Crippen molar-refractivity contribution in [2.75, 3.05) is 0 Å². The number of para-hydroxylation sites is 1. The number of carbonyl (C=O) groups is 1. The highest BCUT2D eigenvalue weighted by Crippen LogP contribution is 2.19. The van der Waals surface area contributed by atoms with Crippen LogP contribution in [0, 0.1) is 25.2 Å². The van der Waals surface area contributed by atoms with Crippen LogP contribution >= 0.6 is 0 Å².